The predicted octanol–water partition coefficient (Wildman–Crippen LogP) is 2.36. The number of hydrogen-bond donors (Lipinski definition) is 2. The number of rotatable bonds is 6. The van der Waals surface area contributed by atoms with Crippen LogP contribution in [0.15, 0.2) is 18.2 Å². The van der Waals surface area contributed by atoms with Crippen LogP contribution in [0.5, 0.6) is 5.75 Å². The second-order valence-corrected chi connectivity index (χ2v) is 5.74. The summed E-state index contributed by atoms with van der Waals surface area (Å²) in [5, 5.41) is 12.2. The van der Waals surface area contributed by atoms with Crippen LogP contribution in [0.25, 0.3) is 0 Å². The zero-order valence-corrected chi connectivity index (χ0v) is 12.4. The van der Waals surface area contributed by atoms with Crippen molar-refractivity contribution >= 4 is 5.91 Å². The summed E-state index contributed by atoms with van der Waals surface area (Å²) < 4.78 is 18.3. The molecule has 0 spiro atoms. The number of amides is 1. The Balaban J connectivity index is 2.74. The van der Waals surface area contributed by atoms with Crippen LogP contribution in [-0.4, -0.2) is 30.8 Å². The molecule has 1 aromatic carbocycles. The summed E-state index contributed by atoms with van der Waals surface area (Å²) in [4.78, 5) is 12.1. The molecule has 0 aliphatic rings. The summed E-state index contributed by atoms with van der Waals surface area (Å²) in [7, 11) is 1.43. The van der Waals surface area contributed by atoms with Crippen LogP contribution in [0.3, 0.4) is 0 Å². The zero-order chi connectivity index (χ0) is 15.3. The number of benzene rings is 1. The Morgan fingerprint density at radius 3 is 2.70 bits per heavy atom. The van der Waals surface area contributed by atoms with E-state index < -0.39 is 11.9 Å². The first-order valence-corrected chi connectivity index (χ1v) is 6.55. The van der Waals surface area contributed by atoms with Crippen molar-refractivity contribution in [3.63, 3.8) is 0 Å². The predicted molar refractivity (Wildman–Crippen MR) is 75.4 cm³/mol. The Morgan fingerprint density at radius 2 is 2.15 bits per heavy atom. The van der Waals surface area contributed by atoms with Crippen molar-refractivity contribution in [1.82, 2.24) is 5.32 Å². The van der Waals surface area contributed by atoms with Gasteiger partial charge in [0.25, 0.3) is 5.91 Å². The van der Waals surface area contributed by atoms with Gasteiger partial charge in [0, 0.05) is 6.54 Å². The van der Waals surface area contributed by atoms with E-state index in [1.807, 2.05) is 13.8 Å². The highest BCUT2D eigenvalue weighted by Gasteiger charge is 2.22. The maximum Gasteiger partial charge on any atom is 0.255 e. The van der Waals surface area contributed by atoms with Crippen LogP contribution in [-0.2, 0) is 0 Å². The molecule has 0 fully saturated rings. The number of ether oxygens (including phenoxy) is 1. The molecule has 0 radical (unpaired) electrons. The molecule has 1 amide bonds. The molecule has 0 saturated heterocycles. The second kappa shape index (κ2) is 6.70. The van der Waals surface area contributed by atoms with Crippen LogP contribution in [0.2, 0.25) is 0 Å². The molecular formula is C15H22FNO3. The quantitative estimate of drug-likeness (QED) is 0.842. The molecule has 0 aromatic heterocycles. The van der Waals surface area contributed by atoms with Crippen LogP contribution < -0.4 is 10.1 Å². The number of halogens is 1. The molecule has 4 nitrogen and oxygen atoms in total. The van der Waals surface area contributed by atoms with Gasteiger partial charge in [0.1, 0.15) is 11.6 Å². The Labute approximate surface area is 119 Å². The molecule has 1 aromatic rings. The molecule has 0 saturated carbocycles. The van der Waals surface area contributed by atoms with Gasteiger partial charge in [-0.05, 0) is 37.0 Å². The lowest BCUT2D eigenvalue weighted by atomic mass is 9.87. The fourth-order valence-electron chi connectivity index (χ4n) is 2.14. The van der Waals surface area contributed by atoms with Gasteiger partial charge in [0.15, 0.2) is 0 Å². The van der Waals surface area contributed by atoms with Crippen molar-refractivity contribution in [3.8, 4) is 5.75 Å². The summed E-state index contributed by atoms with van der Waals surface area (Å²) in [6, 6.07) is 3.81. The molecule has 0 bridgehead atoms. The SMILES string of the molecule is COc1ccc(F)cc1C(=O)NCC(C)(C)CC(C)O. The van der Waals surface area contributed by atoms with E-state index in [1.54, 1.807) is 6.92 Å². The largest absolute Gasteiger partial charge is 0.496 e. The van der Waals surface area contributed by atoms with Gasteiger partial charge in [0.2, 0.25) is 0 Å². The third-order valence-corrected chi connectivity index (χ3v) is 2.98. The highest BCUT2D eigenvalue weighted by molar-refractivity contribution is 5.96. The smallest absolute Gasteiger partial charge is 0.255 e. The molecular weight excluding hydrogens is 261 g/mol. The molecule has 0 aliphatic heterocycles. The molecule has 1 unspecified atom stereocenters. The second-order valence-electron chi connectivity index (χ2n) is 5.74. The first-order chi connectivity index (χ1) is 9.25. The van der Waals surface area contributed by atoms with Crippen LogP contribution in [0.1, 0.15) is 37.6 Å². The van der Waals surface area contributed by atoms with Gasteiger partial charge in [-0.15, -0.1) is 0 Å². The van der Waals surface area contributed by atoms with Crippen molar-refractivity contribution in [1.29, 1.82) is 0 Å². The van der Waals surface area contributed by atoms with Crippen molar-refractivity contribution in [2.24, 2.45) is 5.41 Å². The monoisotopic (exact) mass is 283 g/mol. The van der Waals surface area contributed by atoms with Crippen LogP contribution in [0.4, 0.5) is 4.39 Å². The van der Waals surface area contributed by atoms with Crippen molar-refractivity contribution in [2.75, 3.05) is 13.7 Å². The summed E-state index contributed by atoms with van der Waals surface area (Å²) >= 11 is 0. The van der Waals surface area contributed by atoms with E-state index in [2.05, 4.69) is 5.32 Å². The average molecular weight is 283 g/mol. The molecule has 0 aliphatic carbocycles. The number of methoxy groups -OCH3 is 1. The fraction of sp³-hybridized carbons (Fsp3) is 0.533. The zero-order valence-electron chi connectivity index (χ0n) is 12.4. The number of carbonyl (C=O) groups is 1. The van der Waals surface area contributed by atoms with Gasteiger partial charge in [-0.3, -0.25) is 4.79 Å². The minimum atomic E-state index is -0.487. The Hall–Kier alpha value is -1.62. The number of aliphatic hydroxyl groups is 1. The molecule has 2 N–H and O–H groups in total. The summed E-state index contributed by atoms with van der Waals surface area (Å²) in [5.41, 5.74) is -0.0787. The van der Waals surface area contributed by atoms with Crippen molar-refractivity contribution in [2.45, 2.75) is 33.3 Å². The maximum absolute atomic E-state index is 13.2. The highest BCUT2D eigenvalue weighted by atomic mass is 19.1. The molecule has 0 heterocycles. The Bertz CT molecular complexity index is 472. The lowest BCUT2D eigenvalue weighted by molar-refractivity contribution is 0.0898. The van der Waals surface area contributed by atoms with E-state index in [0.717, 1.165) is 6.07 Å². The van der Waals surface area contributed by atoms with Crippen molar-refractivity contribution < 1.29 is 19.0 Å². The molecule has 5 heteroatoms. The molecule has 1 rings (SSSR count). The van der Waals surface area contributed by atoms with Crippen LogP contribution >= 0.6 is 0 Å². The van der Waals surface area contributed by atoms with Gasteiger partial charge in [-0.25, -0.2) is 4.39 Å². The Kier molecular flexibility index (Phi) is 5.51. The minimum absolute atomic E-state index is 0.167. The summed E-state index contributed by atoms with van der Waals surface area (Å²) in [6.07, 6.45) is 0.124. The van der Waals surface area contributed by atoms with Crippen molar-refractivity contribution in [3.05, 3.63) is 29.6 Å². The average Bonchev–Trinajstić information content (AvgIpc) is 2.34. The number of hydrogen-bond acceptors (Lipinski definition) is 3. The van der Waals surface area contributed by atoms with Gasteiger partial charge >= 0.3 is 0 Å². The normalized spacial score (nSPS) is 12.9. The number of carbonyl (C=O) groups excluding carboxylic acids is 1. The van der Waals surface area contributed by atoms with E-state index in [-0.39, 0.29) is 16.9 Å². The maximum atomic E-state index is 13.2. The molecule has 1 atom stereocenters. The van der Waals surface area contributed by atoms with Gasteiger partial charge in [-0.2, -0.15) is 0 Å². The standard InChI is InChI=1S/C15H22FNO3/c1-10(18)8-15(2,3)9-17-14(19)12-7-11(16)5-6-13(12)20-4/h5-7,10,18H,8-9H2,1-4H3,(H,17,19). The van der Waals surface area contributed by atoms with E-state index in [0.29, 0.717) is 18.7 Å². The van der Waals surface area contributed by atoms with Gasteiger partial charge in [0.05, 0.1) is 18.8 Å². The van der Waals surface area contributed by atoms with E-state index in [4.69, 9.17) is 4.74 Å². The summed E-state index contributed by atoms with van der Waals surface area (Å²) in [5.74, 6) is -0.545. The number of aliphatic hydroxyl groups excluding tert-OH is 1. The highest BCUT2D eigenvalue weighted by Crippen LogP contribution is 2.23. The first kappa shape index (κ1) is 16.4. The summed E-state index contributed by atoms with van der Waals surface area (Å²) in [6.45, 7) is 5.99. The first-order valence-electron chi connectivity index (χ1n) is 6.55. The molecule has 20 heavy (non-hydrogen) atoms. The molecule has 112 valence electrons. The van der Waals surface area contributed by atoms with E-state index in [9.17, 15) is 14.3 Å². The number of nitrogens with one attached hydrogen (secondary N) is 1. The third kappa shape index (κ3) is 4.81. The minimum Gasteiger partial charge on any atom is -0.496 e. The van der Waals surface area contributed by atoms with E-state index >= 15 is 0 Å². The Morgan fingerprint density at radius 1 is 1.50 bits per heavy atom. The fourth-order valence-corrected chi connectivity index (χ4v) is 2.14. The van der Waals surface area contributed by atoms with E-state index in [1.165, 1.54) is 19.2 Å². The van der Waals surface area contributed by atoms with Gasteiger partial charge < -0.3 is 15.2 Å². The lowest BCUT2D eigenvalue weighted by Gasteiger charge is -2.26. The third-order valence-electron chi connectivity index (χ3n) is 2.98. The lowest BCUT2D eigenvalue weighted by Crippen LogP contribution is -2.35. The van der Waals surface area contributed by atoms with Crippen LogP contribution in [0, 0.1) is 11.2 Å². The topological polar surface area (TPSA) is 58.6 Å². The van der Waals surface area contributed by atoms with Gasteiger partial charge in [-0.1, -0.05) is 13.8 Å².